The van der Waals surface area contributed by atoms with Gasteiger partial charge >= 0.3 is 0 Å². The van der Waals surface area contributed by atoms with Crippen molar-refractivity contribution in [1.29, 1.82) is 0 Å². The van der Waals surface area contributed by atoms with Gasteiger partial charge in [-0.05, 0) is 31.7 Å². The molecule has 0 radical (unpaired) electrons. The molecule has 0 bridgehead atoms. The van der Waals surface area contributed by atoms with Gasteiger partial charge in [-0.3, -0.25) is 0 Å². The summed E-state index contributed by atoms with van der Waals surface area (Å²) in [7, 11) is 0. The van der Waals surface area contributed by atoms with Gasteiger partial charge in [-0.1, -0.05) is 33.1 Å². The van der Waals surface area contributed by atoms with Gasteiger partial charge in [-0.15, -0.1) is 0 Å². The molecule has 1 fully saturated rings. The van der Waals surface area contributed by atoms with Crippen LogP contribution < -0.4 is 5.32 Å². The van der Waals surface area contributed by atoms with Crippen LogP contribution in [0.1, 0.15) is 52.4 Å². The minimum Gasteiger partial charge on any atom is -0.389 e. The van der Waals surface area contributed by atoms with E-state index < -0.39 is 0 Å². The van der Waals surface area contributed by atoms with Gasteiger partial charge in [0, 0.05) is 6.54 Å². The van der Waals surface area contributed by atoms with E-state index in [0.29, 0.717) is 25.2 Å². The molecule has 1 aliphatic rings. The third kappa shape index (κ3) is 5.84. The molecule has 1 aliphatic carbocycles. The molecule has 17 heavy (non-hydrogen) atoms. The van der Waals surface area contributed by atoms with Crippen LogP contribution in [-0.4, -0.2) is 37.0 Å². The monoisotopic (exact) mass is 243 g/mol. The van der Waals surface area contributed by atoms with Gasteiger partial charge in [0.25, 0.3) is 0 Å². The highest BCUT2D eigenvalue weighted by Gasteiger charge is 2.24. The van der Waals surface area contributed by atoms with E-state index in [2.05, 4.69) is 19.2 Å². The molecule has 0 spiro atoms. The van der Waals surface area contributed by atoms with Crippen LogP contribution in [0.5, 0.6) is 0 Å². The second-order valence-electron chi connectivity index (χ2n) is 5.18. The van der Waals surface area contributed by atoms with Crippen molar-refractivity contribution in [1.82, 2.24) is 5.32 Å². The summed E-state index contributed by atoms with van der Waals surface area (Å²) < 4.78 is 5.89. The van der Waals surface area contributed by atoms with Crippen molar-refractivity contribution in [2.24, 2.45) is 5.92 Å². The molecule has 2 N–H and O–H groups in total. The van der Waals surface area contributed by atoms with Crippen molar-refractivity contribution in [2.75, 3.05) is 19.7 Å². The third-order valence-corrected chi connectivity index (χ3v) is 3.67. The largest absolute Gasteiger partial charge is 0.389 e. The van der Waals surface area contributed by atoms with Gasteiger partial charge in [0.15, 0.2) is 0 Å². The summed E-state index contributed by atoms with van der Waals surface area (Å²) in [6.45, 7) is 6.47. The van der Waals surface area contributed by atoms with Gasteiger partial charge in [0.05, 0.1) is 18.8 Å². The number of aliphatic hydroxyl groups is 1. The molecule has 0 aromatic heterocycles. The highest BCUT2D eigenvalue weighted by molar-refractivity contribution is 4.75. The van der Waals surface area contributed by atoms with E-state index in [1.165, 1.54) is 32.1 Å². The summed E-state index contributed by atoms with van der Waals surface area (Å²) in [4.78, 5) is 0. The maximum atomic E-state index is 9.78. The van der Waals surface area contributed by atoms with Gasteiger partial charge < -0.3 is 15.2 Å². The average Bonchev–Trinajstić information content (AvgIpc) is 2.37. The lowest BCUT2D eigenvalue weighted by atomic mass is 9.85. The molecule has 1 saturated carbocycles. The third-order valence-electron chi connectivity index (χ3n) is 3.67. The maximum absolute atomic E-state index is 9.78. The van der Waals surface area contributed by atoms with Crippen LogP contribution in [0.4, 0.5) is 0 Å². The summed E-state index contributed by atoms with van der Waals surface area (Å²) in [5, 5.41) is 13.0. The van der Waals surface area contributed by atoms with Crippen molar-refractivity contribution in [3.05, 3.63) is 0 Å². The second-order valence-corrected chi connectivity index (χ2v) is 5.18. The van der Waals surface area contributed by atoms with E-state index >= 15 is 0 Å². The standard InChI is InChI=1S/C14H29NO2/c1-3-9-15-10-13(16)11-17-14-8-6-5-7-12(14)4-2/h12-16H,3-11H2,1-2H3. The van der Waals surface area contributed by atoms with Gasteiger partial charge in [-0.2, -0.15) is 0 Å². The predicted octanol–water partition coefficient (Wildman–Crippen LogP) is 2.33. The lowest BCUT2D eigenvalue weighted by Crippen LogP contribution is -2.35. The molecule has 0 amide bonds. The van der Waals surface area contributed by atoms with Crippen LogP contribution >= 0.6 is 0 Å². The van der Waals surface area contributed by atoms with Crippen LogP contribution in [0, 0.1) is 5.92 Å². The van der Waals surface area contributed by atoms with Crippen LogP contribution in [0.3, 0.4) is 0 Å². The first-order valence-electron chi connectivity index (χ1n) is 7.28. The fourth-order valence-electron chi connectivity index (χ4n) is 2.60. The smallest absolute Gasteiger partial charge is 0.0897 e. The normalized spacial score (nSPS) is 27.0. The summed E-state index contributed by atoms with van der Waals surface area (Å²) >= 11 is 0. The topological polar surface area (TPSA) is 41.5 Å². The Morgan fingerprint density at radius 2 is 2.06 bits per heavy atom. The first kappa shape index (κ1) is 14.9. The highest BCUT2D eigenvalue weighted by atomic mass is 16.5. The van der Waals surface area contributed by atoms with Gasteiger partial charge in [0.2, 0.25) is 0 Å². The zero-order valence-corrected chi connectivity index (χ0v) is 11.5. The number of rotatable bonds is 8. The molecule has 0 heterocycles. The Hall–Kier alpha value is -0.120. The number of ether oxygens (including phenoxy) is 1. The molecule has 0 aromatic carbocycles. The Morgan fingerprint density at radius 1 is 1.29 bits per heavy atom. The number of nitrogens with one attached hydrogen (secondary N) is 1. The predicted molar refractivity (Wildman–Crippen MR) is 71.2 cm³/mol. The van der Waals surface area contributed by atoms with Crippen molar-refractivity contribution in [3.63, 3.8) is 0 Å². The lowest BCUT2D eigenvalue weighted by molar-refractivity contribution is -0.0498. The van der Waals surface area contributed by atoms with Gasteiger partial charge in [0.1, 0.15) is 0 Å². The maximum Gasteiger partial charge on any atom is 0.0897 e. The molecule has 1 rings (SSSR count). The highest BCUT2D eigenvalue weighted by Crippen LogP contribution is 2.29. The fraction of sp³-hybridized carbons (Fsp3) is 1.00. The molecule has 3 nitrogen and oxygen atoms in total. The van der Waals surface area contributed by atoms with E-state index in [-0.39, 0.29) is 6.10 Å². The van der Waals surface area contributed by atoms with Crippen molar-refractivity contribution in [3.8, 4) is 0 Å². The van der Waals surface area contributed by atoms with E-state index in [1.807, 2.05) is 0 Å². The molecule has 3 atom stereocenters. The Bertz CT molecular complexity index is 187. The Balaban J connectivity index is 2.14. The SMILES string of the molecule is CCCNCC(O)COC1CCCCC1CC. The van der Waals surface area contributed by atoms with E-state index in [0.717, 1.165) is 13.0 Å². The van der Waals surface area contributed by atoms with Crippen LogP contribution in [0.25, 0.3) is 0 Å². The molecule has 3 unspecified atom stereocenters. The number of hydrogen-bond donors (Lipinski definition) is 2. The van der Waals surface area contributed by atoms with E-state index in [1.54, 1.807) is 0 Å². The summed E-state index contributed by atoms with van der Waals surface area (Å²) in [6, 6.07) is 0. The fourth-order valence-corrected chi connectivity index (χ4v) is 2.60. The van der Waals surface area contributed by atoms with Gasteiger partial charge in [-0.25, -0.2) is 0 Å². The summed E-state index contributed by atoms with van der Waals surface area (Å²) in [5.41, 5.74) is 0. The lowest BCUT2D eigenvalue weighted by Gasteiger charge is -2.31. The molecular formula is C14H29NO2. The minimum absolute atomic E-state index is 0.360. The van der Waals surface area contributed by atoms with Crippen molar-refractivity contribution >= 4 is 0 Å². The zero-order valence-electron chi connectivity index (χ0n) is 11.5. The second kappa shape index (κ2) is 8.90. The Morgan fingerprint density at radius 3 is 2.76 bits per heavy atom. The van der Waals surface area contributed by atoms with Crippen molar-refractivity contribution < 1.29 is 9.84 Å². The van der Waals surface area contributed by atoms with E-state index in [9.17, 15) is 5.11 Å². The van der Waals surface area contributed by atoms with E-state index in [4.69, 9.17) is 4.74 Å². The molecule has 3 heteroatoms. The number of aliphatic hydroxyl groups excluding tert-OH is 1. The molecule has 0 aliphatic heterocycles. The molecule has 0 saturated heterocycles. The number of hydrogen-bond acceptors (Lipinski definition) is 3. The first-order valence-corrected chi connectivity index (χ1v) is 7.28. The summed E-state index contributed by atoms with van der Waals surface area (Å²) in [6.07, 6.45) is 7.43. The molecular weight excluding hydrogens is 214 g/mol. The quantitative estimate of drug-likeness (QED) is 0.643. The van der Waals surface area contributed by atoms with Crippen LogP contribution in [0.15, 0.2) is 0 Å². The Kier molecular flexibility index (Phi) is 7.82. The zero-order chi connectivity index (χ0) is 12.5. The molecule has 102 valence electrons. The average molecular weight is 243 g/mol. The van der Waals surface area contributed by atoms with Crippen LogP contribution in [-0.2, 0) is 4.74 Å². The first-order chi connectivity index (χ1) is 8.27. The Labute approximate surface area is 106 Å². The minimum atomic E-state index is -0.360. The molecule has 0 aromatic rings. The van der Waals surface area contributed by atoms with Crippen molar-refractivity contribution in [2.45, 2.75) is 64.6 Å². The van der Waals surface area contributed by atoms with Crippen LogP contribution in [0.2, 0.25) is 0 Å². The summed E-state index contributed by atoms with van der Waals surface area (Å²) in [5.74, 6) is 0.708.